The van der Waals surface area contributed by atoms with E-state index in [1.807, 2.05) is 6.07 Å². The van der Waals surface area contributed by atoms with E-state index in [0.29, 0.717) is 6.73 Å². The fraction of sp³-hybridized carbons (Fsp3) is 0.526. The molecule has 0 amide bonds. The maximum absolute atomic E-state index is 12.4. The highest BCUT2D eigenvalue weighted by Crippen LogP contribution is 2.35. The van der Waals surface area contributed by atoms with Gasteiger partial charge in [0.2, 0.25) is 0 Å². The summed E-state index contributed by atoms with van der Waals surface area (Å²) in [5.74, 6) is 0.865. The fourth-order valence-corrected chi connectivity index (χ4v) is 3.79. The van der Waals surface area contributed by atoms with E-state index >= 15 is 0 Å². The molecular formula is C19H23NO3. The molecule has 0 saturated carbocycles. The van der Waals surface area contributed by atoms with Crippen LogP contribution >= 0.6 is 0 Å². The van der Waals surface area contributed by atoms with Crippen LogP contribution in [0.1, 0.15) is 49.3 Å². The highest BCUT2D eigenvalue weighted by atomic mass is 16.5. The van der Waals surface area contributed by atoms with Crippen molar-refractivity contribution in [3.05, 3.63) is 39.2 Å². The molecule has 4 nitrogen and oxygen atoms in total. The molecule has 0 radical (unpaired) electrons. The maximum atomic E-state index is 12.4. The molecule has 2 aromatic rings. The number of fused-ring (bicyclic) bond motifs is 5. The van der Waals surface area contributed by atoms with Crippen molar-refractivity contribution < 1.29 is 9.15 Å². The Labute approximate surface area is 136 Å². The Bertz CT molecular complexity index is 793. The summed E-state index contributed by atoms with van der Waals surface area (Å²) in [5.41, 5.74) is 3.73. The fourth-order valence-electron chi connectivity index (χ4n) is 3.79. The molecular weight excluding hydrogens is 290 g/mol. The lowest BCUT2D eigenvalue weighted by atomic mass is 9.90. The first kappa shape index (κ1) is 14.8. The molecule has 4 rings (SSSR count). The van der Waals surface area contributed by atoms with Crippen molar-refractivity contribution in [1.82, 2.24) is 4.90 Å². The summed E-state index contributed by atoms with van der Waals surface area (Å²) in [6.07, 6.45) is 6.40. The summed E-state index contributed by atoms with van der Waals surface area (Å²) in [4.78, 5) is 14.7. The molecule has 0 unspecified atom stereocenters. The quantitative estimate of drug-likeness (QED) is 0.812. The summed E-state index contributed by atoms with van der Waals surface area (Å²) in [7, 11) is 0. The Morgan fingerprint density at radius 1 is 1.13 bits per heavy atom. The summed E-state index contributed by atoms with van der Waals surface area (Å²) < 4.78 is 11.6. The van der Waals surface area contributed by atoms with Gasteiger partial charge < -0.3 is 9.15 Å². The summed E-state index contributed by atoms with van der Waals surface area (Å²) in [5, 5.41) is 1.11. The average Bonchev–Trinajstić information content (AvgIpc) is 2.60. The van der Waals surface area contributed by atoms with E-state index in [0.717, 1.165) is 73.0 Å². The molecule has 0 saturated heterocycles. The summed E-state index contributed by atoms with van der Waals surface area (Å²) >= 11 is 0. The van der Waals surface area contributed by atoms with Gasteiger partial charge in [-0.2, -0.15) is 0 Å². The lowest BCUT2D eigenvalue weighted by Gasteiger charge is -2.29. The Balaban J connectivity index is 1.83. The standard InChI is InChI=1S/C19H23NO3/c1-2-3-10-20-11-16-17(22-12-20)9-8-14-13-6-4-5-7-15(13)19(21)23-18(14)16/h8-9H,2-7,10-12H2,1H3. The predicted octanol–water partition coefficient (Wildman–Crippen LogP) is 3.62. The van der Waals surface area contributed by atoms with Crippen molar-refractivity contribution in [3.63, 3.8) is 0 Å². The molecule has 0 atom stereocenters. The van der Waals surface area contributed by atoms with Gasteiger partial charge in [0, 0.05) is 24.0 Å². The third kappa shape index (κ3) is 2.55. The highest BCUT2D eigenvalue weighted by Gasteiger charge is 2.24. The third-order valence-electron chi connectivity index (χ3n) is 5.06. The number of hydrogen-bond acceptors (Lipinski definition) is 4. The van der Waals surface area contributed by atoms with Crippen molar-refractivity contribution in [2.75, 3.05) is 13.3 Å². The molecule has 0 bridgehead atoms. The molecule has 4 heteroatoms. The van der Waals surface area contributed by atoms with Gasteiger partial charge in [-0.15, -0.1) is 0 Å². The van der Waals surface area contributed by atoms with Gasteiger partial charge in [0.05, 0.1) is 5.56 Å². The van der Waals surface area contributed by atoms with E-state index in [1.54, 1.807) is 0 Å². The molecule has 1 aliphatic heterocycles. The number of ether oxygens (including phenoxy) is 1. The van der Waals surface area contributed by atoms with Crippen molar-refractivity contribution in [1.29, 1.82) is 0 Å². The van der Waals surface area contributed by atoms with E-state index in [4.69, 9.17) is 9.15 Å². The van der Waals surface area contributed by atoms with Gasteiger partial charge in [0.1, 0.15) is 18.1 Å². The maximum Gasteiger partial charge on any atom is 0.339 e. The molecule has 0 N–H and O–H groups in total. The smallest absolute Gasteiger partial charge is 0.339 e. The molecule has 0 spiro atoms. The van der Waals surface area contributed by atoms with Crippen LogP contribution in [0, 0.1) is 0 Å². The van der Waals surface area contributed by atoms with Crippen molar-refractivity contribution in [2.45, 2.75) is 52.0 Å². The van der Waals surface area contributed by atoms with Crippen LogP contribution in [0.15, 0.2) is 21.3 Å². The molecule has 2 aliphatic rings. The summed E-state index contributed by atoms with van der Waals surface area (Å²) in [6, 6.07) is 4.12. The topological polar surface area (TPSA) is 42.7 Å². The zero-order valence-corrected chi connectivity index (χ0v) is 13.7. The minimum absolute atomic E-state index is 0.147. The van der Waals surface area contributed by atoms with Gasteiger partial charge in [-0.1, -0.05) is 13.3 Å². The molecule has 1 aliphatic carbocycles. The van der Waals surface area contributed by atoms with Crippen LogP contribution in [0.3, 0.4) is 0 Å². The molecule has 23 heavy (non-hydrogen) atoms. The number of aryl methyl sites for hydroxylation is 1. The Morgan fingerprint density at radius 3 is 2.78 bits per heavy atom. The van der Waals surface area contributed by atoms with Crippen LogP contribution in [0.2, 0.25) is 0 Å². The van der Waals surface area contributed by atoms with E-state index in [2.05, 4.69) is 17.9 Å². The van der Waals surface area contributed by atoms with Crippen LogP contribution in [-0.2, 0) is 19.4 Å². The third-order valence-corrected chi connectivity index (χ3v) is 5.06. The Hall–Kier alpha value is -1.81. The van der Waals surface area contributed by atoms with Gasteiger partial charge in [-0.05, 0) is 49.8 Å². The predicted molar refractivity (Wildman–Crippen MR) is 89.9 cm³/mol. The monoisotopic (exact) mass is 313 g/mol. The van der Waals surface area contributed by atoms with Gasteiger partial charge in [0.25, 0.3) is 0 Å². The second-order valence-corrected chi connectivity index (χ2v) is 6.65. The first-order valence-electron chi connectivity index (χ1n) is 8.73. The SMILES string of the molecule is CCCCN1COc2ccc3c4c(c(=O)oc3c2C1)CCCC4. The lowest BCUT2D eigenvalue weighted by molar-refractivity contribution is 0.0943. The highest BCUT2D eigenvalue weighted by molar-refractivity contribution is 5.86. The number of nitrogens with zero attached hydrogens (tertiary/aromatic N) is 1. The summed E-state index contributed by atoms with van der Waals surface area (Å²) in [6.45, 7) is 4.63. The zero-order valence-electron chi connectivity index (χ0n) is 13.7. The van der Waals surface area contributed by atoms with Crippen LogP contribution in [0.25, 0.3) is 11.0 Å². The second-order valence-electron chi connectivity index (χ2n) is 6.65. The first-order valence-corrected chi connectivity index (χ1v) is 8.73. The normalized spacial score (nSPS) is 17.6. The molecule has 2 heterocycles. The number of unbranched alkanes of at least 4 members (excludes halogenated alkanes) is 1. The minimum atomic E-state index is -0.147. The largest absolute Gasteiger partial charge is 0.478 e. The van der Waals surface area contributed by atoms with Gasteiger partial charge in [0.15, 0.2) is 0 Å². The zero-order chi connectivity index (χ0) is 15.8. The van der Waals surface area contributed by atoms with Crippen molar-refractivity contribution >= 4 is 11.0 Å². The second kappa shape index (κ2) is 6.00. The first-order chi connectivity index (χ1) is 11.3. The average molecular weight is 313 g/mol. The molecule has 0 fully saturated rings. The lowest BCUT2D eigenvalue weighted by Crippen LogP contribution is -2.33. The van der Waals surface area contributed by atoms with Crippen LogP contribution in [-0.4, -0.2) is 18.2 Å². The Kier molecular flexibility index (Phi) is 3.85. The van der Waals surface area contributed by atoms with E-state index in [-0.39, 0.29) is 5.63 Å². The van der Waals surface area contributed by atoms with Crippen LogP contribution < -0.4 is 10.4 Å². The van der Waals surface area contributed by atoms with E-state index < -0.39 is 0 Å². The number of rotatable bonds is 3. The minimum Gasteiger partial charge on any atom is -0.478 e. The van der Waals surface area contributed by atoms with Crippen molar-refractivity contribution in [2.24, 2.45) is 0 Å². The van der Waals surface area contributed by atoms with Gasteiger partial charge in [-0.3, -0.25) is 4.90 Å². The van der Waals surface area contributed by atoms with Gasteiger partial charge >= 0.3 is 5.63 Å². The van der Waals surface area contributed by atoms with Crippen LogP contribution in [0.5, 0.6) is 5.75 Å². The molecule has 1 aromatic heterocycles. The van der Waals surface area contributed by atoms with E-state index in [9.17, 15) is 4.79 Å². The number of benzene rings is 1. The Morgan fingerprint density at radius 2 is 1.96 bits per heavy atom. The van der Waals surface area contributed by atoms with Crippen LogP contribution in [0.4, 0.5) is 0 Å². The van der Waals surface area contributed by atoms with E-state index in [1.165, 1.54) is 12.0 Å². The van der Waals surface area contributed by atoms with Crippen molar-refractivity contribution in [3.8, 4) is 5.75 Å². The molecule has 122 valence electrons. The van der Waals surface area contributed by atoms with Gasteiger partial charge in [-0.25, -0.2) is 4.79 Å². The molecule has 1 aromatic carbocycles. The number of hydrogen-bond donors (Lipinski definition) is 0.